The maximum atomic E-state index is 5.80. The predicted octanol–water partition coefficient (Wildman–Crippen LogP) is 3.75. The summed E-state index contributed by atoms with van der Waals surface area (Å²) in [5.74, 6) is 0. The number of hydrogen-bond acceptors (Lipinski definition) is 2. The summed E-state index contributed by atoms with van der Waals surface area (Å²) in [6.45, 7) is 9.78. The second kappa shape index (κ2) is 8.10. The van der Waals surface area contributed by atoms with Crippen LogP contribution in [0.2, 0.25) is 0 Å². The van der Waals surface area contributed by atoms with Gasteiger partial charge in [0.2, 0.25) is 0 Å². The lowest BCUT2D eigenvalue weighted by molar-refractivity contribution is 0.0450. The third-order valence-electron chi connectivity index (χ3n) is 4.11. The number of ether oxygens (including phenoxy) is 1. The average molecular weight is 241 g/mol. The third-order valence-corrected chi connectivity index (χ3v) is 4.11. The summed E-state index contributed by atoms with van der Waals surface area (Å²) >= 11 is 0. The highest BCUT2D eigenvalue weighted by Gasteiger charge is 2.34. The summed E-state index contributed by atoms with van der Waals surface area (Å²) in [5, 5.41) is 3.71. The molecule has 2 heteroatoms. The van der Waals surface area contributed by atoms with Gasteiger partial charge >= 0.3 is 0 Å². The first-order valence-corrected chi connectivity index (χ1v) is 7.54. The second-order valence-corrected chi connectivity index (χ2v) is 5.80. The third kappa shape index (κ3) is 4.97. The van der Waals surface area contributed by atoms with Crippen molar-refractivity contribution < 1.29 is 4.74 Å². The monoisotopic (exact) mass is 241 g/mol. The molecule has 1 aliphatic carbocycles. The summed E-state index contributed by atoms with van der Waals surface area (Å²) in [6.07, 6.45) is 9.28. The lowest BCUT2D eigenvalue weighted by atomic mass is 9.70. The molecule has 0 aliphatic heterocycles. The molecule has 1 atom stereocenters. The van der Waals surface area contributed by atoms with E-state index < -0.39 is 0 Å². The topological polar surface area (TPSA) is 21.3 Å². The zero-order valence-corrected chi connectivity index (χ0v) is 12.1. The van der Waals surface area contributed by atoms with Crippen LogP contribution >= 0.6 is 0 Å². The molecule has 17 heavy (non-hydrogen) atoms. The first kappa shape index (κ1) is 15.0. The van der Waals surface area contributed by atoms with E-state index in [9.17, 15) is 0 Å². The van der Waals surface area contributed by atoms with Gasteiger partial charge in [0, 0.05) is 12.6 Å². The van der Waals surface area contributed by atoms with Gasteiger partial charge in [-0.3, -0.25) is 0 Å². The van der Waals surface area contributed by atoms with Crippen molar-refractivity contribution in [2.24, 2.45) is 5.41 Å². The summed E-state index contributed by atoms with van der Waals surface area (Å²) in [5.41, 5.74) is 0.459. The van der Waals surface area contributed by atoms with Crippen LogP contribution in [0.5, 0.6) is 0 Å². The first-order valence-electron chi connectivity index (χ1n) is 7.54. The molecule has 1 aliphatic rings. The van der Waals surface area contributed by atoms with Gasteiger partial charge in [-0.2, -0.15) is 0 Å². The maximum absolute atomic E-state index is 5.80. The maximum Gasteiger partial charge on any atom is 0.0624 e. The smallest absolute Gasteiger partial charge is 0.0624 e. The highest BCUT2D eigenvalue weighted by Crippen LogP contribution is 2.38. The normalized spacial score (nSPS) is 21.4. The molecule has 102 valence electrons. The molecule has 0 aromatic rings. The van der Waals surface area contributed by atoms with Gasteiger partial charge in [0.1, 0.15) is 0 Å². The molecule has 1 unspecified atom stereocenters. The van der Waals surface area contributed by atoms with Crippen molar-refractivity contribution in [3.8, 4) is 0 Å². The molecular formula is C15H31NO. The fourth-order valence-electron chi connectivity index (χ4n) is 2.88. The van der Waals surface area contributed by atoms with Crippen molar-refractivity contribution in [1.82, 2.24) is 5.32 Å². The molecule has 0 saturated heterocycles. The van der Waals surface area contributed by atoms with Crippen LogP contribution in [0.15, 0.2) is 0 Å². The fourth-order valence-corrected chi connectivity index (χ4v) is 2.88. The molecule has 0 aromatic heterocycles. The Morgan fingerprint density at radius 1 is 1.12 bits per heavy atom. The van der Waals surface area contributed by atoms with Crippen molar-refractivity contribution in [3.05, 3.63) is 0 Å². The molecule has 0 aromatic carbocycles. The molecule has 0 amide bonds. The van der Waals surface area contributed by atoms with Gasteiger partial charge < -0.3 is 10.1 Å². The van der Waals surface area contributed by atoms with E-state index in [2.05, 4.69) is 26.1 Å². The van der Waals surface area contributed by atoms with E-state index in [-0.39, 0.29) is 0 Å². The fraction of sp³-hybridized carbons (Fsp3) is 1.00. The zero-order valence-electron chi connectivity index (χ0n) is 12.1. The molecule has 1 N–H and O–H groups in total. The van der Waals surface area contributed by atoms with Crippen LogP contribution in [-0.4, -0.2) is 25.8 Å². The lowest BCUT2D eigenvalue weighted by Crippen LogP contribution is -2.48. The van der Waals surface area contributed by atoms with Gasteiger partial charge in [0.05, 0.1) is 6.61 Å². The van der Waals surface area contributed by atoms with Crippen molar-refractivity contribution in [2.45, 2.75) is 71.8 Å². The highest BCUT2D eigenvalue weighted by atomic mass is 16.5. The van der Waals surface area contributed by atoms with Gasteiger partial charge in [-0.05, 0) is 37.6 Å². The van der Waals surface area contributed by atoms with E-state index >= 15 is 0 Å². The lowest BCUT2D eigenvalue weighted by Gasteiger charge is -2.41. The van der Waals surface area contributed by atoms with Crippen molar-refractivity contribution in [1.29, 1.82) is 0 Å². The minimum Gasteiger partial charge on any atom is -0.380 e. The van der Waals surface area contributed by atoms with Crippen molar-refractivity contribution in [3.63, 3.8) is 0 Å². The quantitative estimate of drug-likeness (QED) is 0.653. The van der Waals surface area contributed by atoms with Gasteiger partial charge in [0.25, 0.3) is 0 Å². The summed E-state index contributed by atoms with van der Waals surface area (Å²) in [7, 11) is 0. The van der Waals surface area contributed by atoms with Gasteiger partial charge in [0.15, 0.2) is 0 Å². The number of rotatable bonds is 8. The second-order valence-electron chi connectivity index (χ2n) is 5.80. The van der Waals surface area contributed by atoms with E-state index in [0.717, 1.165) is 26.2 Å². The molecular weight excluding hydrogens is 210 g/mol. The Balaban J connectivity index is 2.46. The molecule has 0 heterocycles. The first-order chi connectivity index (χ1) is 8.23. The van der Waals surface area contributed by atoms with Crippen LogP contribution in [-0.2, 0) is 4.74 Å². The molecule has 1 rings (SSSR count). The largest absolute Gasteiger partial charge is 0.380 e. The molecule has 0 radical (unpaired) electrons. The van der Waals surface area contributed by atoms with E-state index in [1.165, 1.54) is 38.5 Å². The van der Waals surface area contributed by atoms with Gasteiger partial charge in [-0.15, -0.1) is 0 Å². The Labute approximate surface area is 108 Å². The Hall–Kier alpha value is -0.0800. The Kier molecular flexibility index (Phi) is 7.14. The van der Waals surface area contributed by atoms with E-state index in [0.29, 0.717) is 11.5 Å². The van der Waals surface area contributed by atoms with Crippen LogP contribution in [0, 0.1) is 5.41 Å². The molecule has 2 nitrogen and oxygen atoms in total. The summed E-state index contributed by atoms with van der Waals surface area (Å²) in [4.78, 5) is 0. The predicted molar refractivity (Wildman–Crippen MR) is 74.4 cm³/mol. The van der Waals surface area contributed by atoms with E-state index in [1.54, 1.807) is 0 Å². The SMILES string of the molecule is CCCNC(COCCC)C1(C)CCCCC1. The van der Waals surface area contributed by atoms with Crippen molar-refractivity contribution in [2.75, 3.05) is 19.8 Å². The molecule has 1 fully saturated rings. The highest BCUT2D eigenvalue weighted by molar-refractivity contribution is 4.90. The van der Waals surface area contributed by atoms with Crippen molar-refractivity contribution >= 4 is 0 Å². The number of hydrogen-bond donors (Lipinski definition) is 1. The minimum atomic E-state index is 0.459. The minimum absolute atomic E-state index is 0.459. The summed E-state index contributed by atoms with van der Waals surface area (Å²) in [6, 6.07) is 0.550. The van der Waals surface area contributed by atoms with Crippen LogP contribution in [0.3, 0.4) is 0 Å². The van der Waals surface area contributed by atoms with Crippen LogP contribution in [0.4, 0.5) is 0 Å². The summed E-state index contributed by atoms with van der Waals surface area (Å²) < 4.78 is 5.80. The van der Waals surface area contributed by atoms with Crippen LogP contribution in [0.1, 0.15) is 65.7 Å². The zero-order chi connectivity index (χ0) is 12.6. The van der Waals surface area contributed by atoms with Crippen LogP contribution in [0.25, 0.3) is 0 Å². The standard InChI is InChI=1S/C15H31NO/c1-4-11-16-14(13-17-12-5-2)15(3)9-7-6-8-10-15/h14,16H,4-13H2,1-3H3. The average Bonchev–Trinajstić information content (AvgIpc) is 2.34. The van der Waals surface area contributed by atoms with Gasteiger partial charge in [-0.25, -0.2) is 0 Å². The molecule has 0 bridgehead atoms. The van der Waals surface area contributed by atoms with E-state index in [4.69, 9.17) is 4.74 Å². The molecule has 1 saturated carbocycles. The van der Waals surface area contributed by atoms with Gasteiger partial charge in [-0.1, -0.05) is 40.0 Å². The molecule has 0 spiro atoms. The van der Waals surface area contributed by atoms with Crippen LogP contribution < -0.4 is 5.32 Å². The number of nitrogens with one attached hydrogen (secondary N) is 1. The van der Waals surface area contributed by atoms with E-state index in [1.807, 2.05) is 0 Å². The Bertz CT molecular complexity index is 187. The Morgan fingerprint density at radius 2 is 1.82 bits per heavy atom. The Morgan fingerprint density at radius 3 is 2.41 bits per heavy atom.